The molecule has 1 N–H and O–H groups in total. The lowest BCUT2D eigenvalue weighted by Crippen LogP contribution is -2.25. The van der Waals surface area contributed by atoms with Crippen molar-refractivity contribution in [2.45, 2.75) is 32.5 Å². The number of unbranched alkanes of at least 4 members (excludes halogenated alkanes) is 1. The minimum Gasteiger partial charge on any atom is -0.454 e. The minimum absolute atomic E-state index is 0.00978. The number of carbonyl (C=O) groups is 1. The minimum atomic E-state index is -4.46. The molecule has 1 rings (SSSR count). The highest BCUT2D eigenvalue weighted by Gasteiger charge is 2.28. The van der Waals surface area contributed by atoms with Crippen molar-refractivity contribution in [3.63, 3.8) is 0 Å². The first-order valence-corrected chi connectivity index (χ1v) is 6.33. The van der Waals surface area contributed by atoms with Crippen LogP contribution in [0.5, 0.6) is 6.01 Å². The van der Waals surface area contributed by atoms with Gasteiger partial charge in [0.25, 0.3) is 0 Å². The lowest BCUT2D eigenvalue weighted by atomic mass is 10.4. The molecular weight excluding hydrogens is 291 g/mol. The van der Waals surface area contributed by atoms with Gasteiger partial charge in [-0.3, -0.25) is 0 Å². The average molecular weight is 307 g/mol. The molecule has 9 heteroatoms. The van der Waals surface area contributed by atoms with E-state index in [0.717, 1.165) is 12.8 Å². The Morgan fingerprint density at radius 2 is 2.19 bits per heavy atom. The second-order valence-electron chi connectivity index (χ2n) is 4.08. The zero-order valence-electron chi connectivity index (χ0n) is 11.4. The van der Waals surface area contributed by atoms with Gasteiger partial charge in [-0.15, -0.1) is 0 Å². The molecule has 1 aromatic rings. The summed E-state index contributed by atoms with van der Waals surface area (Å²) in [7, 11) is 0. The van der Waals surface area contributed by atoms with E-state index in [1.807, 2.05) is 6.92 Å². The van der Waals surface area contributed by atoms with Crippen LogP contribution in [0.4, 0.5) is 18.0 Å². The molecule has 0 saturated heterocycles. The quantitative estimate of drug-likeness (QED) is 0.783. The Hall–Kier alpha value is -2.06. The fourth-order valence-electron chi connectivity index (χ4n) is 1.21. The van der Waals surface area contributed by atoms with Crippen LogP contribution < -0.4 is 10.1 Å². The van der Waals surface area contributed by atoms with Crippen molar-refractivity contribution in [1.82, 2.24) is 15.3 Å². The summed E-state index contributed by atoms with van der Waals surface area (Å²) in [4.78, 5) is 18.6. The van der Waals surface area contributed by atoms with Gasteiger partial charge in [0.2, 0.25) is 0 Å². The maximum Gasteiger partial charge on any atom is 0.422 e. The lowest BCUT2D eigenvalue weighted by molar-refractivity contribution is -0.154. The third-order valence-electron chi connectivity index (χ3n) is 2.20. The van der Waals surface area contributed by atoms with Crippen LogP contribution >= 0.6 is 0 Å². The molecule has 0 aromatic carbocycles. The van der Waals surface area contributed by atoms with Crippen LogP contribution in [-0.2, 0) is 11.3 Å². The molecule has 0 bridgehead atoms. The van der Waals surface area contributed by atoms with E-state index in [9.17, 15) is 18.0 Å². The number of carbonyl (C=O) groups excluding carboxylic acids is 1. The third-order valence-corrected chi connectivity index (χ3v) is 2.20. The number of nitrogens with zero attached hydrogens (tertiary/aromatic N) is 2. The number of alkyl carbamates (subject to hydrolysis) is 1. The topological polar surface area (TPSA) is 73.3 Å². The van der Waals surface area contributed by atoms with Crippen LogP contribution in [0, 0.1) is 0 Å². The summed E-state index contributed by atoms with van der Waals surface area (Å²) in [5.74, 6) is 0. The van der Waals surface area contributed by atoms with E-state index in [2.05, 4.69) is 20.0 Å². The Bertz CT molecular complexity index is 455. The van der Waals surface area contributed by atoms with E-state index in [1.165, 1.54) is 12.3 Å². The van der Waals surface area contributed by atoms with E-state index in [4.69, 9.17) is 4.74 Å². The van der Waals surface area contributed by atoms with Gasteiger partial charge in [-0.1, -0.05) is 13.3 Å². The van der Waals surface area contributed by atoms with Crippen molar-refractivity contribution in [2.75, 3.05) is 13.2 Å². The number of hydrogen-bond donors (Lipinski definition) is 1. The van der Waals surface area contributed by atoms with E-state index in [0.29, 0.717) is 12.3 Å². The Morgan fingerprint density at radius 1 is 1.43 bits per heavy atom. The zero-order chi connectivity index (χ0) is 15.7. The predicted molar refractivity (Wildman–Crippen MR) is 66.7 cm³/mol. The number of aromatic nitrogens is 2. The standard InChI is InChI=1S/C12H16F3N3O3/c1-2-3-6-20-11(19)17-7-9-4-5-16-10(18-9)21-8-12(13,14)15/h4-5H,2-3,6-8H2,1H3,(H,17,19). The first-order valence-electron chi connectivity index (χ1n) is 6.33. The summed E-state index contributed by atoms with van der Waals surface area (Å²) in [6.45, 7) is 0.815. The highest BCUT2D eigenvalue weighted by Crippen LogP contribution is 2.15. The molecule has 0 aliphatic rings. The van der Waals surface area contributed by atoms with Crippen molar-refractivity contribution >= 4 is 6.09 Å². The molecule has 1 amide bonds. The number of rotatable bonds is 7. The molecule has 0 aliphatic heterocycles. The second kappa shape index (κ2) is 8.28. The molecule has 118 valence electrons. The number of alkyl halides is 3. The molecule has 0 radical (unpaired) electrons. The SMILES string of the molecule is CCCCOC(=O)NCc1ccnc(OCC(F)(F)F)n1. The summed E-state index contributed by atoms with van der Waals surface area (Å²) in [6.07, 6.45) is -2.16. The fourth-order valence-corrected chi connectivity index (χ4v) is 1.21. The molecule has 0 fully saturated rings. The van der Waals surface area contributed by atoms with E-state index >= 15 is 0 Å². The lowest BCUT2D eigenvalue weighted by Gasteiger charge is -2.09. The molecule has 21 heavy (non-hydrogen) atoms. The van der Waals surface area contributed by atoms with Crippen LogP contribution in [0.3, 0.4) is 0 Å². The first kappa shape index (κ1) is 17.0. The predicted octanol–water partition coefficient (Wildman–Crippen LogP) is 2.44. The summed E-state index contributed by atoms with van der Waals surface area (Å²) in [5, 5.41) is 2.43. The third kappa shape index (κ3) is 7.95. The molecule has 0 atom stereocenters. The maximum atomic E-state index is 12.0. The summed E-state index contributed by atoms with van der Waals surface area (Å²) in [6, 6.07) is 1.05. The van der Waals surface area contributed by atoms with Gasteiger partial charge < -0.3 is 14.8 Å². The first-order chi connectivity index (χ1) is 9.90. The van der Waals surface area contributed by atoms with Crippen molar-refractivity contribution in [3.8, 4) is 6.01 Å². The molecule has 1 aromatic heterocycles. The van der Waals surface area contributed by atoms with Crippen LogP contribution in [0.15, 0.2) is 12.3 Å². The van der Waals surface area contributed by atoms with Gasteiger partial charge in [-0.05, 0) is 12.5 Å². The smallest absolute Gasteiger partial charge is 0.422 e. The number of ether oxygens (including phenoxy) is 2. The van der Waals surface area contributed by atoms with Gasteiger partial charge >= 0.3 is 18.3 Å². The van der Waals surface area contributed by atoms with Crippen LogP contribution in [0.2, 0.25) is 0 Å². The summed E-state index contributed by atoms with van der Waals surface area (Å²) >= 11 is 0. The van der Waals surface area contributed by atoms with Crippen LogP contribution in [0.1, 0.15) is 25.5 Å². The monoisotopic (exact) mass is 307 g/mol. The van der Waals surface area contributed by atoms with Gasteiger partial charge in [0.15, 0.2) is 6.61 Å². The van der Waals surface area contributed by atoms with Crippen LogP contribution in [0.25, 0.3) is 0 Å². The van der Waals surface area contributed by atoms with Crippen molar-refractivity contribution < 1.29 is 27.4 Å². The van der Waals surface area contributed by atoms with E-state index in [1.54, 1.807) is 0 Å². The second-order valence-corrected chi connectivity index (χ2v) is 4.08. The van der Waals surface area contributed by atoms with E-state index in [-0.39, 0.29) is 6.54 Å². The van der Waals surface area contributed by atoms with Gasteiger partial charge in [-0.2, -0.15) is 18.2 Å². The molecule has 1 heterocycles. The zero-order valence-corrected chi connectivity index (χ0v) is 11.4. The Balaban J connectivity index is 2.40. The van der Waals surface area contributed by atoms with E-state index < -0.39 is 24.9 Å². The average Bonchev–Trinajstić information content (AvgIpc) is 2.43. The van der Waals surface area contributed by atoms with Gasteiger partial charge in [0.05, 0.1) is 18.8 Å². The Labute approximate surface area is 119 Å². The number of amides is 1. The number of halogens is 3. The largest absolute Gasteiger partial charge is 0.454 e. The fraction of sp³-hybridized carbons (Fsp3) is 0.583. The van der Waals surface area contributed by atoms with Crippen LogP contribution in [-0.4, -0.2) is 35.5 Å². The maximum absolute atomic E-state index is 12.0. The molecule has 0 spiro atoms. The van der Waals surface area contributed by atoms with Gasteiger partial charge in [0.1, 0.15) is 0 Å². The van der Waals surface area contributed by atoms with Gasteiger partial charge in [-0.25, -0.2) is 9.78 Å². The Kier molecular flexibility index (Phi) is 6.70. The molecule has 6 nitrogen and oxygen atoms in total. The molecular formula is C12H16F3N3O3. The number of nitrogens with one attached hydrogen (secondary N) is 1. The number of hydrogen-bond acceptors (Lipinski definition) is 5. The van der Waals surface area contributed by atoms with Crippen molar-refractivity contribution in [1.29, 1.82) is 0 Å². The highest BCUT2D eigenvalue weighted by atomic mass is 19.4. The molecule has 0 unspecified atom stereocenters. The Morgan fingerprint density at radius 3 is 2.86 bits per heavy atom. The van der Waals surface area contributed by atoms with Crippen molar-refractivity contribution in [3.05, 3.63) is 18.0 Å². The highest BCUT2D eigenvalue weighted by molar-refractivity contribution is 5.67. The molecule has 0 saturated carbocycles. The van der Waals surface area contributed by atoms with Gasteiger partial charge in [0, 0.05) is 6.20 Å². The summed E-state index contributed by atoms with van der Waals surface area (Å²) in [5.41, 5.74) is 0.314. The molecule has 0 aliphatic carbocycles. The summed E-state index contributed by atoms with van der Waals surface area (Å²) < 4.78 is 45.2. The van der Waals surface area contributed by atoms with Crippen molar-refractivity contribution in [2.24, 2.45) is 0 Å². The normalized spacial score (nSPS) is 11.0.